The summed E-state index contributed by atoms with van der Waals surface area (Å²) >= 11 is 1.89. The van der Waals surface area contributed by atoms with Gasteiger partial charge in [-0.05, 0) is 49.1 Å². The third-order valence-electron chi connectivity index (χ3n) is 4.63. The molecule has 0 bridgehead atoms. The number of likely N-dealkylation sites (tertiary alicyclic amines) is 1. The van der Waals surface area contributed by atoms with Crippen LogP contribution in [0.4, 0.5) is 0 Å². The molecule has 1 aliphatic heterocycles. The van der Waals surface area contributed by atoms with Crippen LogP contribution < -0.4 is 5.32 Å². The van der Waals surface area contributed by atoms with Crippen LogP contribution >= 0.6 is 11.3 Å². The molecule has 1 saturated carbocycles. The van der Waals surface area contributed by atoms with Gasteiger partial charge in [-0.15, -0.1) is 11.3 Å². The van der Waals surface area contributed by atoms with Crippen molar-refractivity contribution in [2.24, 2.45) is 0 Å². The lowest BCUT2D eigenvalue weighted by Crippen LogP contribution is -2.37. The summed E-state index contributed by atoms with van der Waals surface area (Å²) in [5.41, 5.74) is 1.49. The van der Waals surface area contributed by atoms with Crippen LogP contribution in [0, 0.1) is 0 Å². The van der Waals surface area contributed by atoms with Crippen LogP contribution in [0.3, 0.4) is 0 Å². The van der Waals surface area contributed by atoms with Gasteiger partial charge in [-0.1, -0.05) is 0 Å². The molecule has 0 unspecified atom stereocenters. The van der Waals surface area contributed by atoms with Gasteiger partial charge in [0.25, 0.3) is 0 Å². The van der Waals surface area contributed by atoms with E-state index in [4.69, 9.17) is 0 Å². The van der Waals surface area contributed by atoms with Crippen molar-refractivity contribution in [3.63, 3.8) is 0 Å². The molecule has 19 heavy (non-hydrogen) atoms. The first-order valence-corrected chi connectivity index (χ1v) is 8.31. The first-order valence-electron chi connectivity index (χ1n) is 7.43. The molecule has 4 heteroatoms. The van der Waals surface area contributed by atoms with E-state index >= 15 is 0 Å². The number of nitrogens with zero attached hydrogens (tertiary/aromatic N) is 1. The quantitative estimate of drug-likeness (QED) is 0.920. The number of hydrogen-bond donors (Lipinski definition) is 1. The van der Waals surface area contributed by atoms with Crippen LogP contribution in [0.25, 0.3) is 0 Å². The molecule has 0 aromatic carbocycles. The molecule has 102 valence electrons. The van der Waals surface area contributed by atoms with Crippen LogP contribution in [0.2, 0.25) is 0 Å². The molecular formula is C15H20N2OS. The van der Waals surface area contributed by atoms with E-state index in [2.05, 4.69) is 21.7 Å². The fourth-order valence-electron chi connectivity index (χ4n) is 3.53. The highest BCUT2D eigenvalue weighted by molar-refractivity contribution is 7.10. The van der Waals surface area contributed by atoms with Gasteiger partial charge >= 0.3 is 0 Å². The third kappa shape index (κ3) is 2.21. The molecule has 2 atom stereocenters. The Kier molecular flexibility index (Phi) is 2.88. The van der Waals surface area contributed by atoms with Crippen LogP contribution in [-0.4, -0.2) is 29.4 Å². The fourth-order valence-corrected chi connectivity index (χ4v) is 4.51. The topological polar surface area (TPSA) is 32.3 Å². The zero-order valence-corrected chi connectivity index (χ0v) is 11.9. The molecule has 2 aliphatic carbocycles. The Hall–Kier alpha value is -0.870. The van der Waals surface area contributed by atoms with Crippen molar-refractivity contribution in [1.82, 2.24) is 10.2 Å². The van der Waals surface area contributed by atoms with E-state index in [0.29, 0.717) is 30.5 Å². The molecule has 0 spiro atoms. The highest BCUT2D eigenvalue weighted by Crippen LogP contribution is 2.35. The first-order chi connectivity index (χ1) is 9.31. The summed E-state index contributed by atoms with van der Waals surface area (Å²) in [6.45, 7) is 0.930. The minimum absolute atomic E-state index is 0.362. The number of hydrogen-bond acceptors (Lipinski definition) is 3. The van der Waals surface area contributed by atoms with E-state index in [1.165, 1.54) is 37.7 Å². The summed E-state index contributed by atoms with van der Waals surface area (Å²) in [4.78, 5) is 15.6. The van der Waals surface area contributed by atoms with Crippen molar-refractivity contribution in [3.8, 4) is 0 Å². The predicted octanol–water partition coefficient (Wildman–Crippen LogP) is 2.48. The molecule has 2 heterocycles. The maximum atomic E-state index is 12.0. The Labute approximate surface area is 118 Å². The Morgan fingerprint density at radius 3 is 3.05 bits per heavy atom. The second kappa shape index (κ2) is 4.60. The third-order valence-corrected chi connectivity index (χ3v) is 5.63. The van der Waals surface area contributed by atoms with Crippen molar-refractivity contribution in [2.45, 2.75) is 56.7 Å². The van der Waals surface area contributed by atoms with Gasteiger partial charge in [0.05, 0.1) is 0 Å². The van der Waals surface area contributed by atoms with Crippen LogP contribution in [0.15, 0.2) is 11.4 Å². The number of thiophene rings is 1. The summed E-state index contributed by atoms with van der Waals surface area (Å²) in [5, 5.41) is 5.96. The lowest BCUT2D eigenvalue weighted by molar-refractivity contribution is -0.128. The molecule has 1 N–H and O–H groups in total. The van der Waals surface area contributed by atoms with Gasteiger partial charge in [0.2, 0.25) is 5.91 Å². The van der Waals surface area contributed by atoms with E-state index in [-0.39, 0.29) is 0 Å². The van der Waals surface area contributed by atoms with Gasteiger partial charge in [-0.25, -0.2) is 0 Å². The standard InChI is InChI=1S/C15H20N2OS/c18-15-8-10(9-17(15)11-4-5-11)16-13-2-1-3-14-12(13)6-7-19-14/h6-7,10-11,13,16H,1-5,8-9H2/t10-,13+/m0/s1. The van der Waals surface area contributed by atoms with Crippen LogP contribution in [0.5, 0.6) is 0 Å². The van der Waals surface area contributed by atoms with E-state index in [9.17, 15) is 4.79 Å². The van der Waals surface area contributed by atoms with Gasteiger partial charge < -0.3 is 10.2 Å². The molecule has 1 saturated heterocycles. The Balaban J connectivity index is 1.44. The maximum Gasteiger partial charge on any atom is 0.224 e. The summed E-state index contributed by atoms with van der Waals surface area (Å²) < 4.78 is 0. The van der Waals surface area contributed by atoms with Crippen molar-refractivity contribution >= 4 is 17.2 Å². The smallest absolute Gasteiger partial charge is 0.224 e. The molecular weight excluding hydrogens is 256 g/mol. The zero-order chi connectivity index (χ0) is 12.8. The van der Waals surface area contributed by atoms with E-state index < -0.39 is 0 Å². The number of nitrogens with one attached hydrogen (secondary N) is 1. The number of fused-ring (bicyclic) bond motifs is 1. The van der Waals surface area contributed by atoms with Gasteiger partial charge in [-0.3, -0.25) is 4.79 Å². The van der Waals surface area contributed by atoms with Gasteiger partial charge in [0.15, 0.2) is 0 Å². The molecule has 0 radical (unpaired) electrons. The van der Waals surface area contributed by atoms with Gasteiger partial charge in [0.1, 0.15) is 0 Å². The molecule has 1 aromatic heterocycles. The van der Waals surface area contributed by atoms with Crippen molar-refractivity contribution < 1.29 is 4.79 Å². The molecule has 3 nitrogen and oxygen atoms in total. The average Bonchev–Trinajstić information content (AvgIpc) is 3.00. The zero-order valence-electron chi connectivity index (χ0n) is 11.1. The van der Waals surface area contributed by atoms with Crippen molar-refractivity contribution in [1.29, 1.82) is 0 Å². The predicted molar refractivity (Wildman–Crippen MR) is 76.3 cm³/mol. The normalized spacial score (nSPS) is 30.7. The summed E-state index contributed by atoms with van der Waals surface area (Å²) in [5.74, 6) is 0.362. The number of rotatable bonds is 3. The minimum Gasteiger partial charge on any atom is -0.338 e. The van der Waals surface area contributed by atoms with Crippen molar-refractivity contribution in [2.75, 3.05) is 6.54 Å². The first kappa shape index (κ1) is 11.9. The largest absolute Gasteiger partial charge is 0.338 e. The molecule has 2 fully saturated rings. The second-order valence-electron chi connectivity index (χ2n) is 6.09. The monoisotopic (exact) mass is 276 g/mol. The molecule has 1 aromatic rings. The molecule has 4 rings (SSSR count). The molecule has 3 aliphatic rings. The van der Waals surface area contributed by atoms with E-state index in [0.717, 1.165) is 6.54 Å². The summed E-state index contributed by atoms with van der Waals surface area (Å²) in [7, 11) is 0. The number of aryl methyl sites for hydroxylation is 1. The van der Waals surface area contributed by atoms with Gasteiger partial charge in [0, 0.05) is 36.0 Å². The average molecular weight is 276 g/mol. The lowest BCUT2D eigenvalue weighted by Gasteiger charge is -2.27. The highest BCUT2D eigenvalue weighted by atomic mass is 32.1. The Morgan fingerprint density at radius 1 is 1.32 bits per heavy atom. The molecule has 1 amide bonds. The van der Waals surface area contributed by atoms with Crippen LogP contribution in [0.1, 0.15) is 48.6 Å². The summed E-state index contributed by atoms with van der Waals surface area (Å²) in [6.07, 6.45) is 6.87. The fraction of sp³-hybridized carbons (Fsp3) is 0.667. The Bertz CT molecular complexity index is 494. The van der Waals surface area contributed by atoms with Gasteiger partial charge in [-0.2, -0.15) is 0 Å². The SMILES string of the molecule is O=C1C[C@H](N[C@@H]2CCCc3sccc32)CN1C1CC1. The van der Waals surface area contributed by atoms with E-state index in [1.54, 1.807) is 4.88 Å². The minimum atomic E-state index is 0.362. The number of amides is 1. The van der Waals surface area contributed by atoms with Crippen molar-refractivity contribution in [3.05, 3.63) is 21.9 Å². The maximum absolute atomic E-state index is 12.0. The lowest BCUT2D eigenvalue weighted by atomic mass is 9.93. The number of carbonyl (C=O) groups is 1. The second-order valence-corrected chi connectivity index (χ2v) is 7.09. The highest BCUT2D eigenvalue weighted by Gasteiger charge is 2.40. The number of carbonyl (C=O) groups excluding carboxylic acids is 1. The Morgan fingerprint density at radius 2 is 2.21 bits per heavy atom. The van der Waals surface area contributed by atoms with Crippen LogP contribution in [-0.2, 0) is 11.2 Å². The van der Waals surface area contributed by atoms with E-state index in [1.807, 2.05) is 11.3 Å². The summed E-state index contributed by atoms with van der Waals surface area (Å²) in [6, 6.07) is 3.69.